The smallest absolute Gasteiger partial charge is 0.258 e. The first-order valence-corrected chi connectivity index (χ1v) is 14.7. The predicted octanol–water partition coefficient (Wildman–Crippen LogP) is 8.08. The molecule has 0 saturated carbocycles. The van der Waals surface area contributed by atoms with Crippen molar-refractivity contribution in [1.82, 2.24) is 0 Å². The number of amides is 2. The number of halogens is 1. The Kier molecular flexibility index (Phi) is 9.05. The third-order valence-electron chi connectivity index (χ3n) is 7.73. The molecule has 41 heavy (non-hydrogen) atoms. The number of fused-ring (bicyclic) bond motifs is 1. The molecule has 6 heteroatoms. The van der Waals surface area contributed by atoms with Crippen LogP contribution in [0, 0.1) is 0 Å². The number of hydrogen-bond donors (Lipinski definition) is 0. The van der Waals surface area contributed by atoms with Gasteiger partial charge in [0.2, 0.25) is 0 Å². The summed E-state index contributed by atoms with van der Waals surface area (Å²) < 4.78 is 5.27. The van der Waals surface area contributed by atoms with Gasteiger partial charge in [0.25, 0.3) is 11.8 Å². The van der Waals surface area contributed by atoms with E-state index in [9.17, 15) is 9.59 Å². The molecule has 1 aliphatic heterocycles. The second-order valence-corrected chi connectivity index (χ2v) is 10.8. The summed E-state index contributed by atoms with van der Waals surface area (Å²) in [5.74, 6) is 1.22. The molecule has 0 fully saturated rings. The lowest BCUT2D eigenvalue weighted by Gasteiger charge is -2.43. The highest BCUT2D eigenvalue weighted by atomic mass is 35.5. The van der Waals surface area contributed by atoms with Gasteiger partial charge in [0.05, 0.1) is 13.2 Å². The van der Waals surface area contributed by atoms with E-state index in [0.29, 0.717) is 29.2 Å². The minimum absolute atomic E-state index is 0.0644. The Bertz CT molecular complexity index is 1470. The van der Waals surface area contributed by atoms with Gasteiger partial charge in [0.15, 0.2) is 0 Å². The molecule has 1 aliphatic rings. The minimum Gasteiger partial charge on any atom is -0.497 e. The van der Waals surface area contributed by atoms with E-state index in [2.05, 4.69) is 0 Å². The van der Waals surface area contributed by atoms with Crippen molar-refractivity contribution in [3.05, 3.63) is 125 Å². The average Bonchev–Trinajstić information content (AvgIpc) is 3.02. The first-order chi connectivity index (χ1) is 20.0. The van der Waals surface area contributed by atoms with E-state index >= 15 is 0 Å². The van der Waals surface area contributed by atoms with Gasteiger partial charge in [-0.05, 0) is 98.3 Å². The zero-order valence-electron chi connectivity index (χ0n) is 23.5. The second kappa shape index (κ2) is 13.0. The van der Waals surface area contributed by atoms with Crippen molar-refractivity contribution in [2.45, 2.75) is 44.7 Å². The Balaban J connectivity index is 1.51. The molecule has 5 nitrogen and oxygen atoms in total. The molecule has 0 bridgehead atoms. The van der Waals surface area contributed by atoms with Crippen LogP contribution in [0.15, 0.2) is 103 Å². The van der Waals surface area contributed by atoms with E-state index in [0.717, 1.165) is 36.2 Å². The summed E-state index contributed by atoms with van der Waals surface area (Å²) in [6.45, 7) is 2.05. The Morgan fingerprint density at radius 2 is 1.51 bits per heavy atom. The maximum absolute atomic E-state index is 14.2. The number of ether oxygens (including phenoxy) is 1. The maximum atomic E-state index is 14.2. The van der Waals surface area contributed by atoms with Crippen LogP contribution in [0.2, 0.25) is 0 Å². The lowest BCUT2D eigenvalue weighted by atomic mass is 9.89. The van der Waals surface area contributed by atoms with Crippen molar-refractivity contribution >= 4 is 34.8 Å². The van der Waals surface area contributed by atoms with Crippen molar-refractivity contribution in [2.24, 2.45) is 0 Å². The van der Waals surface area contributed by atoms with Crippen LogP contribution in [0.3, 0.4) is 0 Å². The van der Waals surface area contributed by atoms with Crippen LogP contribution in [0.1, 0.15) is 64.1 Å². The third kappa shape index (κ3) is 6.15. The molecule has 4 aromatic carbocycles. The molecule has 4 aromatic rings. The second-order valence-electron chi connectivity index (χ2n) is 10.4. The first-order valence-electron chi connectivity index (χ1n) is 14.1. The SMILES string of the molecule is COc1ccc(C(=O)N2c3ccccc3C(N(C(=O)c3ccc(CCCCCl)cc3)c3ccccc3)CC2C)cc1. The summed E-state index contributed by atoms with van der Waals surface area (Å²) in [4.78, 5) is 31.8. The molecule has 0 saturated heterocycles. The van der Waals surface area contributed by atoms with Crippen LogP contribution in [-0.4, -0.2) is 30.8 Å². The van der Waals surface area contributed by atoms with Crippen molar-refractivity contribution in [1.29, 1.82) is 0 Å². The molecular formula is C35H35ClN2O3. The summed E-state index contributed by atoms with van der Waals surface area (Å²) in [5, 5.41) is 0. The fraction of sp³-hybridized carbons (Fsp3) is 0.257. The summed E-state index contributed by atoms with van der Waals surface area (Å²) >= 11 is 5.84. The van der Waals surface area contributed by atoms with E-state index in [-0.39, 0.29) is 23.9 Å². The number of hydrogen-bond acceptors (Lipinski definition) is 3. The molecule has 1 heterocycles. The highest BCUT2D eigenvalue weighted by molar-refractivity contribution is 6.17. The molecule has 0 N–H and O–H groups in total. The molecule has 2 atom stereocenters. The van der Waals surface area contributed by atoms with Gasteiger partial charge in [0.1, 0.15) is 5.75 Å². The number of methoxy groups -OCH3 is 1. The van der Waals surface area contributed by atoms with Crippen LogP contribution in [0.4, 0.5) is 11.4 Å². The number of nitrogens with zero attached hydrogens (tertiary/aromatic N) is 2. The summed E-state index contributed by atoms with van der Waals surface area (Å²) in [7, 11) is 1.61. The third-order valence-corrected chi connectivity index (χ3v) is 8.00. The molecule has 2 unspecified atom stereocenters. The summed E-state index contributed by atoms with van der Waals surface area (Å²) in [6, 6.07) is 32.4. The average molecular weight is 567 g/mol. The van der Waals surface area contributed by atoms with Gasteiger partial charge in [0, 0.05) is 34.4 Å². The number of aryl methyl sites for hydroxylation is 1. The van der Waals surface area contributed by atoms with E-state index < -0.39 is 0 Å². The molecule has 0 radical (unpaired) electrons. The van der Waals surface area contributed by atoms with E-state index in [1.165, 1.54) is 5.56 Å². The minimum atomic E-state index is -0.251. The van der Waals surface area contributed by atoms with Crippen LogP contribution < -0.4 is 14.5 Å². The molecule has 5 rings (SSSR count). The van der Waals surface area contributed by atoms with Crippen LogP contribution in [-0.2, 0) is 6.42 Å². The normalized spacial score (nSPS) is 16.1. The largest absolute Gasteiger partial charge is 0.497 e. The number of para-hydroxylation sites is 2. The van der Waals surface area contributed by atoms with Crippen LogP contribution in [0.5, 0.6) is 5.75 Å². The zero-order valence-corrected chi connectivity index (χ0v) is 24.3. The quantitative estimate of drug-likeness (QED) is 0.152. The number of alkyl halides is 1. The fourth-order valence-electron chi connectivity index (χ4n) is 5.61. The highest BCUT2D eigenvalue weighted by Crippen LogP contribution is 2.43. The van der Waals surface area contributed by atoms with E-state index in [1.54, 1.807) is 31.4 Å². The summed E-state index contributed by atoms with van der Waals surface area (Å²) in [5.41, 5.74) is 5.01. The van der Waals surface area contributed by atoms with Crippen molar-refractivity contribution in [2.75, 3.05) is 22.8 Å². The topological polar surface area (TPSA) is 49.9 Å². The van der Waals surface area contributed by atoms with Gasteiger partial charge in [-0.15, -0.1) is 11.6 Å². The molecular weight excluding hydrogens is 532 g/mol. The van der Waals surface area contributed by atoms with E-state index in [4.69, 9.17) is 16.3 Å². The Morgan fingerprint density at radius 3 is 2.20 bits per heavy atom. The van der Waals surface area contributed by atoms with Crippen molar-refractivity contribution < 1.29 is 14.3 Å². The fourth-order valence-corrected chi connectivity index (χ4v) is 5.80. The molecule has 0 spiro atoms. The number of benzene rings is 4. The number of carbonyl (C=O) groups excluding carboxylic acids is 2. The Hall–Kier alpha value is -4.09. The predicted molar refractivity (Wildman–Crippen MR) is 166 cm³/mol. The van der Waals surface area contributed by atoms with Gasteiger partial charge in [-0.2, -0.15) is 0 Å². The Morgan fingerprint density at radius 1 is 0.854 bits per heavy atom. The van der Waals surface area contributed by atoms with Gasteiger partial charge in [-0.25, -0.2) is 0 Å². The number of carbonyl (C=O) groups is 2. The maximum Gasteiger partial charge on any atom is 0.258 e. The zero-order chi connectivity index (χ0) is 28.8. The Labute approximate surface area is 247 Å². The van der Waals surface area contributed by atoms with Gasteiger partial charge in [-0.3, -0.25) is 9.59 Å². The van der Waals surface area contributed by atoms with Crippen molar-refractivity contribution in [3.63, 3.8) is 0 Å². The lowest BCUT2D eigenvalue weighted by Crippen LogP contribution is -2.47. The summed E-state index contributed by atoms with van der Waals surface area (Å²) in [6.07, 6.45) is 3.53. The molecule has 0 aromatic heterocycles. The molecule has 210 valence electrons. The van der Waals surface area contributed by atoms with Gasteiger partial charge < -0.3 is 14.5 Å². The monoisotopic (exact) mass is 566 g/mol. The molecule has 2 amide bonds. The van der Waals surface area contributed by atoms with Gasteiger partial charge in [-0.1, -0.05) is 48.5 Å². The molecule has 0 aliphatic carbocycles. The standard InChI is InChI=1S/C35H35ClN2O3/c1-25-24-33(31-13-6-7-14-32(31)37(25)34(39)28-19-21-30(41-2)22-20-28)38(29-11-4-3-5-12-29)35(40)27-17-15-26(16-18-27)10-8-9-23-36/h3-7,11-22,25,33H,8-10,23-24H2,1-2H3. The number of rotatable bonds is 9. The van der Waals surface area contributed by atoms with E-state index in [1.807, 2.05) is 95.6 Å². The first kappa shape index (κ1) is 28.4. The van der Waals surface area contributed by atoms with Crippen LogP contribution >= 0.6 is 11.6 Å². The highest BCUT2D eigenvalue weighted by Gasteiger charge is 2.39. The number of anilines is 2. The van der Waals surface area contributed by atoms with Crippen molar-refractivity contribution in [3.8, 4) is 5.75 Å². The number of unbranched alkanes of at least 4 members (excludes halogenated alkanes) is 1. The van der Waals surface area contributed by atoms with Gasteiger partial charge >= 0.3 is 0 Å². The van der Waals surface area contributed by atoms with Crippen LogP contribution in [0.25, 0.3) is 0 Å². The lowest BCUT2D eigenvalue weighted by molar-refractivity contribution is 0.0965.